The monoisotopic (exact) mass is 508 g/mol. The van der Waals surface area contributed by atoms with Crippen LogP contribution in [0.5, 0.6) is 11.5 Å². The second-order valence-corrected chi connectivity index (χ2v) is 6.93. The Morgan fingerprint density at radius 1 is 1.23 bits per heavy atom. The van der Waals surface area contributed by atoms with E-state index in [9.17, 15) is 13.6 Å². The van der Waals surface area contributed by atoms with Gasteiger partial charge in [0.05, 0.1) is 22.8 Å². The number of para-hydroxylation sites is 2. The van der Waals surface area contributed by atoms with Crippen molar-refractivity contribution in [2.24, 2.45) is 0 Å². The molecule has 2 aromatic rings. The molecule has 2 aromatic carbocycles. The molecule has 0 spiro atoms. The summed E-state index contributed by atoms with van der Waals surface area (Å²) in [5.74, 6) is -0.301. The zero-order valence-electron chi connectivity index (χ0n) is 13.2. The highest BCUT2D eigenvalue weighted by molar-refractivity contribution is 9.11. The first-order valence-electron chi connectivity index (χ1n) is 7.01. The Kier molecular flexibility index (Phi) is 7.30. The minimum Gasteiger partial charge on any atom is -0.495 e. The zero-order valence-corrected chi connectivity index (χ0v) is 17.2. The second kappa shape index (κ2) is 9.24. The summed E-state index contributed by atoms with van der Waals surface area (Å²) < 4.78 is 35.8. The van der Waals surface area contributed by atoms with Gasteiger partial charge in [0.25, 0.3) is 5.91 Å². The van der Waals surface area contributed by atoms with Crippen molar-refractivity contribution in [1.82, 2.24) is 5.32 Å². The third kappa shape index (κ3) is 5.36. The van der Waals surface area contributed by atoms with Gasteiger partial charge in [-0.2, -0.15) is 8.78 Å². The summed E-state index contributed by atoms with van der Waals surface area (Å²) in [6, 6.07) is 9.29. The molecule has 5 nitrogen and oxygen atoms in total. The number of anilines is 1. The van der Waals surface area contributed by atoms with Crippen molar-refractivity contribution >= 4 is 60.8 Å². The van der Waals surface area contributed by atoms with Crippen molar-refractivity contribution in [3.63, 3.8) is 0 Å². The number of benzene rings is 2. The minimum atomic E-state index is -2.98. The average molecular weight is 510 g/mol. The first-order valence-corrected chi connectivity index (χ1v) is 9.00. The molecule has 0 heterocycles. The number of rotatable bonds is 5. The molecule has 2 N–H and O–H groups in total. The lowest BCUT2D eigenvalue weighted by Gasteiger charge is -2.15. The van der Waals surface area contributed by atoms with Gasteiger partial charge in [-0.3, -0.25) is 10.1 Å². The van der Waals surface area contributed by atoms with Crippen LogP contribution in [0.4, 0.5) is 14.5 Å². The van der Waals surface area contributed by atoms with E-state index in [1.165, 1.54) is 25.3 Å². The number of halogens is 4. The van der Waals surface area contributed by atoms with Crippen molar-refractivity contribution in [1.29, 1.82) is 0 Å². The van der Waals surface area contributed by atoms with E-state index in [4.69, 9.17) is 17.0 Å². The highest BCUT2D eigenvalue weighted by atomic mass is 79.9. The SMILES string of the molecule is COc1c(Br)cc(Br)cc1C(=O)NC(=S)Nc1ccccc1OC(F)F. The molecule has 0 fully saturated rings. The molecule has 0 aliphatic carbocycles. The van der Waals surface area contributed by atoms with E-state index in [0.717, 1.165) is 0 Å². The van der Waals surface area contributed by atoms with Crippen LogP contribution < -0.4 is 20.1 Å². The predicted octanol–water partition coefficient (Wildman–Crippen LogP) is 4.95. The molecule has 0 saturated carbocycles. The van der Waals surface area contributed by atoms with E-state index in [0.29, 0.717) is 14.7 Å². The molecule has 1 amide bonds. The second-order valence-electron chi connectivity index (χ2n) is 4.75. The third-order valence-corrected chi connectivity index (χ3v) is 4.29. The first-order chi connectivity index (χ1) is 12.3. The molecule has 0 atom stereocenters. The van der Waals surface area contributed by atoms with Gasteiger partial charge in [0, 0.05) is 4.47 Å². The standard InChI is InChI=1S/C16H12Br2F2N2O3S/c1-24-13-9(6-8(17)7-10(13)18)14(23)22-16(26)21-11-4-2-3-5-12(11)25-15(19)20/h2-7,15H,1H3,(H2,21,22,23,26). The number of ether oxygens (including phenoxy) is 2. The highest BCUT2D eigenvalue weighted by Crippen LogP contribution is 2.32. The molecule has 0 bridgehead atoms. The van der Waals surface area contributed by atoms with Gasteiger partial charge in [0.15, 0.2) is 5.11 Å². The van der Waals surface area contributed by atoms with Gasteiger partial charge >= 0.3 is 6.61 Å². The molecular formula is C16H12Br2F2N2O3S. The van der Waals surface area contributed by atoms with Gasteiger partial charge in [-0.05, 0) is 52.4 Å². The smallest absolute Gasteiger partial charge is 0.387 e. The number of hydrogen-bond acceptors (Lipinski definition) is 4. The Morgan fingerprint density at radius 2 is 1.92 bits per heavy atom. The lowest BCUT2D eigenvalue weighted by atomic mass is 10.2. The maximum Gasteiger partial charge on any atom is 0.387 e. The van der Waals surface area contributed by atoms with Crippen LogP contribution in [0.2, 0.25) is 0 Å². The summed E-state index contributed by atoms with van der Waals surface area (Å²) in [6.07, 6.45) is 0. The number of hydrogen-bond donors (Lipinski definition) is 2. The summed E-state index contributed by atoms with van der Waals surface area (Å²) in [7, 11) is 1.43. The van der Waals surface area contributed by atoms with E-state index < -0.39 is 12.5 Å². The number of alkyl halides is 2. The van der Waals surface area contributed by atoms with Crippen molar-refractivity contribution < 1.29 is 23.0 Å². The fourth-order valence-corrected chi connectivity index (χ4v) is 3.62. The normalized spacial score (nSPS) is 10.4. The summed E-state index contributed by atoms with van der Waals surface area (Å²) in [5, 5.41) is 5.05. The van der Waals surface area contributed by atoms with Gasteiger partial charge in [0.1, 0.15) is 11.5 Å². The van der Waals surface area contributed by atoms with E-state index in [2.05, 4.69) is 47.2 Å². The first kappa shape index (κ1) is 20.5. The lowest BCUT2D eigenvalue weighted by molar-refractivity contribution is -0.0493. The lowest BCUT2D eigenvalue weighted by Crippen LogP contribution is -2.34. The minimum absolute atomic E-state index is 0.0848. The largest absolute Gasteiger partial charge is 0.495 e. The molecule has 10 heteroatoms. The van der Waals surface area contributed by atoms with Gasteiger partial charge in [-0.25, -0.2) is 0 Å². The van der Waals surface area contributed by atoms with E-state index in [-0.39, 0.29) is 22.1 Å². The number of methoxy groups -OCH3 is 1. The maximum atomic E-state index is 12.5. The Balaban J connectivity index is 2.15. The summed E-state index contributed by atoms with van der Waals surface area (Å²) in [4.78, 5) is 12.5. The fraction of sp³-hybridized carbons (Fsp3) is 0.125. The molecule has 0 aliphatic heterocycles. The van der Waals surface area contributed by atoms with Gasteiger partial charge in [-0.15, -0.1) is 0 Å². The Labute approximate surface area is 170 Å². The number of carbonyl (C=O) groups is 1. The number of thiocarbonyl (C=S) groups is 1. The molecule has 0 unspecified atom stereocenters. The highest BCUT2D eigenvalue weighted by Gasteiger charge is 2.18. The maximum absolute atomic E-state index is 12.5. The number of nitrogens with one attached hydrogen (secondary N) is 2. The molecule has 0 radical (unpaired) electrons. The molecule has 26 heavy (non-hydrogen) atoms. The molecule has 0 aliphatic rings. The van der Waals surface area contributed by atoms with Crippen LogP contribution in [-0.4, -0.2) is 24.7 Å². The van der Waals surface area contributed by atoms with Gasteiger partial charge in [-0.1, -0.05) is 28.1 Å². The van der Waals surface area contributed by atoms with Crippen molar-refractivity contribution in [3.05, 3.63) is 50.9 Å². The Morgan fingerprint density at radius 3 is 2.58 bits per heavy atom. The topological polar surface area (TPSA) is 59.6 Å². The molecule has 0 aromatic heterocycles. The molecule has 138 valence electrons. The fourth-order valence-electron chi connectivity index (χ4n) is 2.03. The van der Waals surface area contributed by atoms with Crippen molar-refractivity contribution in [2.75, 3.05) is 12.4 Å². The number of amides is 1. The van der Waals surface area contributed by atoms with E-state index >= 15 is 0 Å². The van der Waals surface area contributed by atoms with Gasteiger partial charge in [0.2, 0.25) is 0 Å². The van der Waals surface area contributed by atoms with Crippen LogP contribution in [0.25, 0.3) is 0 Å². The van der Waals surface area contributed by atoms with E-state index in [1.54, 1.807) is 18.2 Å². The van der Waals surface area contributed by atoms with Crippen LogP contribution >= 0.6 is 44.1 Å². The zero-order chi connectivity index (χ0) is 19.3. The summed E-state index contributed by atoms with van der Waals surface area (Å²) in [5.41, 5.74) is 0.426. The molecule has 2 rings (SSSR count). The van der Waals surface area contributed by atoms with Crippen LogP contribution in [0.15, 0.2) is 45.3 Å². The predicted molar refractivity (Wildman–Crippen MR) is 105 cm³/mol. The van der Waals surface area contributed by atoms with Crippen LogP contribution in [-0.2, 0) is 0 Å². The Bertz CT molecular complexity index is 837. The number of carbonyl (C=O) groups excluding carboxylic acids is 1. The molecule has 0 saturated heterocycles. The van der Waals surface area contributed by atoms with Gasteiger partial charge < -0.3 is 14.8 Å². The van der Waals surface area contributed by atoms with Crippen molar-refractivity contribution in [2.45, 2.75) is 6.61 Å². The Hall–Kier alpha value is -1.78. The van der Waals surface area contributed by atoms with Crippen LogP contribution in [0, 0.1) is 0 Å². The average Bonchev–Trinajstić information content (AvgIpc) is 2.55. The molecular weight excluding hydrogens is 498 g/mol. The van der Waals surface area contributed by atoms with E-state index in [1.807, 2.05) is 0 Å². The van der Waals surface area contributed by atoms with Crippen molar-refractivity contribution in [3.8, 4) is 11.5 Å². The van der Waals surface area contributed by atoms with Crippen LogP contribution in [0.3, 0.4) is 0 Å². The summed E-state index contributed by atoms with van der Waals surface area (Å²) >= 11 is 11.7. The summed E-state index contributed by atoms with van der Waals surface area (Å²) in [6.45, 7) is -2.98. The third-order valence-electron chi connectivity index (χ3n) is 3.04. The van der Waals surface area contributed by atoms with Crippen LogP contribution in [0.1, 0.15) is 10.4 Å². The quantitative estimate of drug-likeness (QED) is 0.558.